The Balaban J connectivity index is 1.22. The van der Waals surface area contributed by atoms with Crippen molar-refractivity contribution in [1.29, 1.82) is 0 Å². The van der Waals surface area contributed by atoms with Crippen LogP contribution >= 0.6 is 0 Å². The molecule has 224 valence electrons. The zero-order valence-corrected chi connectivity index (χ0v) is 23.6. The standard InChI is InChI=1S/C29H36N12O2/c30-17-10-18(31)13-40(12-17)28-37-27(38-29(39-28)41-14-19(32)11-20(33)15-41)36-22-6-4-21(5-7-22)35-26(43)23-8-3-16-2-1-9-34-24(16)25(23)42/h1-9,17-20,42H,10-15,30-33H2,(H,35,43)(H,36,37,38,39)/t17-,18+,19-,20+. The van der Waals surface area contributed by atoms with Gasteiger partial charge in [0.05, 0.1) is 5.56 Å². The molecule has 0 saturated carbocycles. The highest BCUT2D eigenvalue weighted by atomic mass is 16.3. The van der Waals surface area contributed by atoms with Crippen LogP contribution in [0.25, 0.3) is 10.9 Å². The topological polar surface area (TPSA) is 223 Å². The van der Waals surface area contributed by atoms with Gasteiger partial charge in [-0.15, -0.1) is 0 Å². The second kappa shape index (κ2) is 11.9. The lowest BCUT2D eigenvalue weighted by molar-refractivity contribution is 0.102. The van der Waals surface area contributed by atoms with Gasteiger partial charge in [-0.3, -0.25) is 9.78 Å². The Hall–Kier alpha value is -4.63. The van der Waals surface area contributed by atoms with Gasteiger partial charge >= 0.3 is 0 Å². The summed E-state index contributed by atoms with van der Waals surface area (Å²) >= 11 is 0. The quantitative estimate of drug-likeness (QED) is 0.167. The third kappa shape index (κ3) is 6.41. The Morgan fingerprint density at radius 3 is 1.91 bits per heavy atom. The number of amides is 1. The van der Waals surface area contributed by atoms with Crippen molar-refractivity contribution in [3.8, 4) is 5.75 Å². The van der Waals surface area contributed by atoms with Crippen molar-refractivity contribution >= 4 is 46.0 Å². The first-order chi connectivity index (χ1) is 20.7. The highest BCUT2D eigenvalue weighted by Crippen LogP contribution is 2.28. The van der Waals surface area contributed by atoms with Crippen LogP contribution in [0.15, 0.2) is 54.7 Å². The first kappa shape index (κ1) is 28.5. The van der Waals surface area contributed by atoms with Gasteiger partial charge in [0.25, 0.3) is 5.91 Å². The Labute approximate surface area is 248 Å². The molecule has 4 aromatic rings. The van der Waals surface area contributed by atoms with E-state index >= 15 is 0 Å². The van der Waals surface area contributed by atoms with Crippen molar-refractivity contribution in [2.75, 3.05) is 46.6 Å². The van der Waals surface area contributed by atoms with E-state index in [4.69, 9.17) is 27.9 Å². The molecule has 4 heterocycles. The maximum absolute atomic E-state index is 12.9. The summed E-state index contributed by atoms with van der Waals surface area (Å²) < 4.78 is 0. The van der Waals surface area contributed by atoms with E-state index in [1.807, 2.05) is 15.9 Å². The van der Waals surface area contributed by atoms with Crippen LogP contribution in [0.3, 0.4) is 0 Å². The number of aromatic nitrogens is 4. The summed E-state index contributed by atoms with van der Waals surface area (Å²) in [6, 6.07) is 13.6. The molecule has 0 bridgehead atoms. The van der Waals surface area contributed by atoms with Gasteiger partial charge in [-0.25, -0.2) is 0 Å². The van der Waals surface area contributed by atoms with Gasteiger partial charge in [0.15, 0.2) is 5.75 Å². The molecule has 2 fully saturated rings. The van der Waals surface area contributed by atoms with Crippen LogP contribution in [0.1, 0.15) is 23.2 Å². The number of piperidine rings is 2. The van der Waals surface area contributed by atoms with Crippen LogP contribution in [0.2, 0.25) is 0 Å². The molecule has 2 aliphatic rings. The van der Waals surface area contributed by atoms with E-state index in [9.17, 15) is 9.90 Å². The van der Waals surface area contributed by atoms with E-state index in [0.717, 1.165) is 18.2 Å². The summed E-state index contributed by atoms with van der Waals surface area (Å²) in [4.78, 5) is 35.2. The number of nitrogens with two attached hydrogens (primary N) is 4. The number of phenolic OH excluding ortho intramolecular Hbond substituents is 1. The molecule has 0 spiro atoms. The average molecular weight is 585 g/mol. The van der Waals surface area contributed by atoms with Crippen LogP contribution < -0.4 is 43.4 Å². The second-order valence-electron chi connectivity index (χ2n) is 11.3. The number of fused-ring (bicyclic) bond motifs is 1. The highest BCUT2D eigenvalue weighted by Gasteiger charge is 2.29. The molecule has 14 nitrogen and oxygen atoms in total. The molecule has 2 aromatic carbocycles. The molecule has 4 atom stereocenters. The van der Waals surface area contributed by atoms with Gasteiger partial charge in [0.2, 0.25) is 17.8 Å². The SMILES string of the molecule is N[C@@H]1C[C@H](N)CN(c2nc(Nc3ccc(NC(=O)c4ccc5cccnc5c4O)cc3)nc(N3C[C@H](N)C[C@H](N)C3)n2)C1. The zero-order chi connectivity index (χ0) is 30.1. The number of phenols is 1. The number of benzene rings is 2. The fourth-order valence-corrected chi connectivity index (χ4v) is 5.65. The fourth-order valence-electron chi connectivity index (χ4n) is 5.65. The largest absolute Gasteiger partial charge is 0.505 e. The molecular formula is C29H36N12O2. The van der Waals surface area contributed by atoms with Gasteiger partial charge in [0, 0.05) is 73.3 Å². The van der Waals surface area contributed by atoms with Crippen LogP contribution in [0, 0.1) is 0 Å². The molecule has 14 heteroatoms. The van der Waals surface area contributed by atoms with Gasteiger partial charge in [0.1, 0.15) is 5.52 Å². The number of rotatable bonds is 6. The minimum atomic E-state index is -0.451. The van der Waals surface area contributed by atoms with Gasteiger partial charge in [-0.05, 0) is 49.2 Å². The molecule has 0 aliphatic carbocycles. The zero-order valence-electron chi connectivity index (χ0n) is 23.6. The van der Waals surface area contributed by atoms with Crippen molar-refractivity contribution in [3.63, 3.8) is 0 Å². The summed E-state index contributed by atoms with van der Waals surface area (Å²) in [5.41, 5.74) is 26.7. The van der Waals surface area contributed by atoms with E-state index < -0.39 is 5.91 Å². The van der Waals surface area contributed by atoms with Gasteiger partial charge in [-0.1, -0.05) is 12.1 Å². The maximum atomic E-state index is 12.9. The first-order valence-electron chi connectivity index (χ1n) is 14.3. The van der Waals surface area contributed by atoms with Gasteiger partial charge < -0.3 is 48.5 Å². The minimum Gasteiger partial charge on any atom is -0.505 e. The number of aromatic hydroxyl groups is 1. The van der Waals surface area contributed by atoms with E-state index in [2.05, 4.69) is 25.6 Å². The summed E-state index contributed by atoms with van der Waals surface area (Å²) in [5.74, 6) is 0.666. The normalized spacial score (nSPS) is 22.4. The number of hydrogen-bond donors (Lipinski definition) is 7. The van der Waals surface area contributed by atoms with Crippen molar-refractivity contribution in [2.24, 2.45) is 22.9 Å². The lowest BCUT2D eigenvalue weighted by Crippen LogP contribution is -2.54. The number of carbonyl (C=O) groups excluding carboxylic acids is 1. The van der Waals surface area contributed by atoms with Crippen molar-refractivity contribution in [2.45, 2.75) is 37.0 Å². The van der Waals surface area contributed by atoms with Crippen molar-refractivity contribution < 1.29 is 9.90 Å². The van der Waals surface area contributed by atoms with Crippen molar-refractivity contribution in [3.05, 3.63) is 60.3 Å². The summed E-state index contributed by atoms with van der Waals surface area (Å²) in [7, 11) is 0. The van der Waals surface area contributed by atoms with Gasteiger partial charge in [-0.2, -0.15) is 15.0 Å². The Kier molecular flexibility index (Phi) is 7.90. The molecule has 2 saturated heterocycles. The maximum Gasteiger partial charge on any atom is 0.259 e. The minimum absolute atomic E-state index is 0.0901. The lowest BCUT2D eigenvalue weighted by atomic mass is 10.0. The molecule has 11 N–H and O–H groups in total. The third-order valence-electron chi connectivity index (χ3n) is 7.60. The molecule has 0 unspecified atom stereocenters. The monoisotopic (exact) mass is 584 g/mol. The van der Waals surface area contributed by atoms with E-state index in [1.165, 1.54) is 0 Å². The molecule has 6 rings (SSSR count). The van der Waals surface area contributed by atoms with E-state index in [-0.39, 0.29) is 35.5 Å². The number of pyridine rings is 1. The highest BCUT2D eigenvalue weighted by molar-refractivity contribution is 6.09. The van der Waals surface area contributed by atoms with Crippen LogP contribution in [-0.4, -0.2) is 81.3 Å². The Morgan fingerprint density at radius 1 is 0.767 bits per heavy atom. The molecule has 43 heavy (non-hydrogen) atoms. The number of nitrogens with zero attached hydrogens (tertiary/aromatic N) is 6. The first-order valence-corrected chi connectivity index (χ1v) is 14.3. The Bertz CT molecular complexity index is 1550. The summed E-state index contributed by atoms with van der Waals surface area (Å²) in [6.07, 6.45) is 3.03. The summed E-state index contributed by atoms with van der Waals surface area (Å²) in [5, 5.41) is 17.4. The lowest BCUT2D eigenvalue weighted by Gasteiger charge is -2.37. The molecule has 2 aliphatic heterocycles. The molecular weight excluding hydrogens is 548 g/mol. The Morgan fingerprint density at radius 2 is 1.33 bits per heavy atom. The van der Waals surface area contributed by atoms with Crippen LogP contribution in [0.4, 0.5) is 29.2 Å². The van der Waals surface area contributed by atoms with Crippen molar-refractivity contribution in [1.82, 2.24) is 19.9 Å². The van der Waals surface area contributed by atoms with E-state index in [0.29, 0.717) is 60.9 Å². The van der Waals surface area contributed by atoms with Crippen LogP contribution in [0.5, 0.6) is 5.75 Å². The number of hydrogen-bond acceptors (Lipinski definition) is 13. The average Bonchev–Trinajstić information content (AvgIpc) is 2.97. The molecule has 1 amide bonds. The smallest absolute Gasteiger partial charge is 0.259 e. The number of anilines is 5. The fraction of sp³-hybridized carbons (Fsp3) is 0.345. The second-order valence-corrected chi connectivity index (χ2v) is 11.3. The summed E-state index contributed by atoms with van der Waals surface area (Å²) in [6.45, 7) is 2.30. The van der Waals surface area contributed by atoms with Crippen LogP contribution in [-0.2, 0) is 0 Å². The number of nitrogens with one attached hydrogen (secondary N) is 2. The molecule has 0 radical (unpaired) electrons. The van der Waals surface area contributed by atoms with E-state index in [1.54, 1.807) is 48.7 Å². The predicted molar refractivity (Wildman–Crippen MR) is 166 cm³/mol. The third-order valence-corrected chi connectivity index (χ3v) is 7.60. The number of carbonyl (C=O) groups is 1. The molecule has 2 aromatic heterocycles. The predicted octanol–water partition coefficient (Wildman–Crippen LogP) is 0.851.